The Labute approximate surface area is 128 Å². The first-order valence-corrected chi connectivity index (χ1v) is 8.33. The lowest BCUT2D eigenvalue weighted by molar-refractivity contribution is 1.16. The van der Waals surface area contributed by atoms with Crippen molar-refractivity contribution in [1.29, 1.82) is 0 Å². The molecule has 0 saturated heterocycles. The van der Waals surface area contributed by atoms with Crippen molar-refractivity contribution in [2.75, 3.05) is 5.32 Å². The number of nitrogens with zero attached hydrogens (tertiary/aromatic N) is 1. The number of nitrogens with one attached hydrogen (secondary N) is 1. The van der Waals surface area contributed by atoms with Crippen molar-refractivity contribution in [3.63, 3.8) is 0 Å². The number of anilines is 1. The number of halogens is 1. The highest BCUT2D eigenvalue weighted by molar-refractivity contribution is 9.11. The highest BCUT2D eigenvalue weighted by atomic mass is 79.9. The average Bonchev–Trinajstić information content (AvgIpc) is 3.08. The Morgan fingerprint density at radius 1 is 1.21 bits per heavy atom. The van der Waals surface area contributed by atoms with Crippen molar-refractivity contribution in [2.45, 2.75) is 6.54 Å². The molecule has 19 heavy (non-hydrogen) atoms. The van der Waals surface area contributed by atoms with E-state index in [0.717, 1.165) is 22.8 Å². The second kappa shape index (κ2) is 5.86. The first-order valence-electron chi connectivity index (χ1n) is 5.78. The maximum Gasteiger partial charge on any atom is 0.123 e. The molecule has 1 N–H and O–H groups in total. The van der Waals surface area contributed by atoms with E-state index >= 15 is 0 Å². The third-order valence-electron chi connectivity index (χ3n) is 2.66. The van der Waals surface area contributed by atoms with Gasteiger partial charge in [-0.1, -0.05) is 12.1 Å². The molecule has 5 heteroatoms. The minimum Gasteiger partial charge on any atom is -0.381 e. The van der Waals surface area contributed by atoms with Crippen molar-refractivity contribution in [3.8, 4) is 10.6 Å². The lowest BCUT2D eigenvalue weighted by atomic mass is 10.2. The molecule has 0 saturated carbocycles. The second-order valence-electron chi connectivity index (χ2n) is 4.03. The van der Waals surface area contributed by atoms with Gasteiger partial charge in [0, 0.05) is 29.4 Å². The molecule has 0 spiro atoms. The molecule has 96 valence electrons. The molecule has 0 bridgehead atoms. The monoisotopic (exact) mass is 350 g/mol. The fraction of sp³-hybridized carbons (Fsp3) is 0.0714. The Morgan fingerprint density at radius 2 is 2.16 bits per heavy atom. The number of hydrogen-bond donors (Lipinski definition) is 1. The lowest BCUT2D eigenvalue weighted by Gasteiger charge is -2.06. The summed E-state index contributed by atoms with van der Waals surface area (Å²) >= 11 is 6.85. The zero-order valence-electron chi connectivity index (χ0n) is 9.97. The van der Waals surface area contributed by atoms with Crippen molar-refractivity contribution in [3.05, 3.63) is 56.6 Å². The molecular weight excluding hydrogens is 340 g/mol. The van der Waals surface area contributed by atoms with Crippen LogP contribution in [0.3, 0.4) is 0 Å². The predicted molar refractivity (Wildman–Crippen MR) is 86.9 cm³/mol. The summed E-state index contributed by atoms with van der Waals surface area (Å²) in [6.07, 6.45) is 1.84. The molecule has 2 nitrogen and oxygen atoms in total. The van der Waals surface area contributed by atoms with Gasteiger partial charge in [0.15, 0.2) is 0 Å². The lowest BCUT2D eigenvalue weighted by Crippen LogP contribution is -1.97. The third kappa shape index (κ3) is 3.23. The van der Waals surface area contributed by atoms with Gasteiger partial charge in [0.2, 0.25) is 0 Å². The van der Waals surface area contributed by atoms with Gasteiger partial charge in [-0.05, 0) is 45.1 Å². The maximum absolute atomic E-state index is 4.34. The normalized spacial score (nSPS) is 10.6. The number of benzene rings is 1. The largest absolute Gasteiger partial charge is 0.381 e. The summed E-state index contributed by atoms with van der Waals surface area (Å²) in [6, 6.07) is 10.5. The van der Waals surface area contributed by atoms with Gasteiger partial charge in [-0.3, -0.25) is 0 Å². The molecule has 0 aliphatic heterocycles. The van der Waals surface area contributed by atoms with E-state index in [9.17, 15) is 0 Å². The zero-order chi connectivity index (χ0) is 13.1. The summed E-state index contributed by atoms with van der Waals surface area (Å²) in [5.41, 5.74) is 3.57. The Hall–Kier alpha value is -1.17. The van der Waals surface area contributed by atoms with Gasteiger partial charge in [0.1, 0.15) is 5.01 Å². The number of thiophene rings is 1. The van der Waals surface area contributed by atoms with E-state index in [1.165, 1.54) is 9.35 Å². The molecule has 3 aromatic rings. The van der Waals surface area contributed by atoms with Crippen molar-refractivity contribution >= 4 is 44.3 Å². The SMILES string of the molecule is Brc1cc(CNc2cccc(-c3nccs3)c2)cs1. The molecule has 0 fully saturated rings. The molecule has 2 aromatic heterocycles. The molecule has 2 heterocycles. The van der Waals surface area contributed by atoms with Crippen LogP contribution in [-0.4, -0.2) is 4.98 Å². The Bertz CT molecular complexity index is 662. The predicted octanol–water partition coefficient (Wildman–Crippen LogP) is 5.25. The third-order valence-corrected chi connectivity index (χ3v) is 5.04. The second-order valence-corrected chi connectivity index (χ2v) is 7.22. The van der Waals surface area contributed by atoms with Crippen molar-refractivity contribution in [1.82, 2.24) is 4.98 Å². The smallest absolute Gasteiger partial charge is 0.123 e. The average molecular weight is 351 g/mol. The first-order chi connectivity index (χ1) is 9.31. The summed E-state index contributed by atoms with van der Waals surface area (Å²) in [6.45, 7) is 0.837. The van der Waals surface area contributed by atoms with Crippen LogP contribution in [0.15, 0.2) is 51.1 Å². The molecule has 0 unspecified atom stereocenters. The van der Waals surface area contributed by atoms with Gasteiger partial charge in [0.25, 0.3) is 0 Å². The van der Waals surface area contributed by atoms with Gasteiger partial charge >= 0.3 is 0 Å². The van der Waals surface area contributed by atoms with Crippen LogP contribution in [0.5, 0.6) is 0 Å². The van der Waals surface area contributed by atoms with E-state index in [1.807, 2.05) is 11.6 Å². The van der Waals surface area contributed by atoms with Crippen LogP contribution in [-0.2, 0) is 6.54 Å². The molecule has 0 aliphatic rings. The van der Waals surface area contributed by atoms with E-state index in [1.54, 1.807) is 22.7 Å². The van der Waals surface area contributed by atoms with Crippen LogP contribution in [0, 0.1) is 0 Å². The van der Waals surface area contributed by atoms with Crippen LogP contribution in [0.4, 0.5) is 5.69 Å². The molecule has 0 atom stereocenters. The number of hydrogen-bond acceptors (Lipinski definition) is 4. The van der Waals surface area contributed by atoms with E-state index in [-0.39, 0.29) is 0 Å². The summed E-state index contributed by atoms with van der Waals surface area (Å²) < 4.78 is 1.17. The van der Waals surface area contributed by atoms with Gasteiger partial charge in [-0.2, -0.15) is 0 Å². The van der Waals surface area contributed by atoms with Gasteiger partial charge in [-0.25, -0.2) is 4.98 Å². The van der Waals surface area contributed by atoms with Crippen LogP contribution in [0.2, 0.25) is 0 Å². The van der Waals surface area contributed by atoms with Gasteiger partial charge in [-0.15, -0.1) is 22.7 Å². The maximum atomic E-state index is 4.34. The summed E-state index contributed by atoms with van der Waals surface area (Å²) in [5.74, 6) is 0. The molecule has 0 radical (unpaired) electrons. The molecular formula is C14H11BrN2S2. The minimum atomic E-state index is 0.837. The first kappa shape index (κ1) is 12.8. The quantitative estimate of drug-likeness (QED) is 0.695. The molecule has 1 aromatic carbocycles. The van der Waals surface area contributed by atoms with Crippen LogP contribution in [0.25, 0.3) is 10.6 Å². The van der Waals surface area contributed by atoms with E-state index < -0.39 is 0 Å². The Balaban J connectivity index is 1.73. The summed E-state index contributed by atoms with van der Waals surface area (Å²) in [4.78, 5) is 4.34. The van der Waals surface area contributed by atoms with Crippen molar-refractivity contribution in [2.24, 2.45) is 0 Å². The van der Waals surface area contributed by atoms with Crippen LogP contribution >= 0.6 is 38.6 Å². The number of aromatic nitrogens is 1. The molecule has 0 amide bonds. The topological polar surface area (TPSA) is 24.9 Å². The van der Waals surface area contributed by atoms with E-state index in [4.69, 9.17) is 0 Å². The molecule has 3 rings (SSSR count). The Kier molecular flexibility index (Phi) is 3.96. The van der Waals surface area contributed by atoms with Gasteiger partial charge in [0.05, 0.1) is 3.79 Å². The minimum absolute atomic E-state index is 0.837. The van der Waals surface area contributed by atoms with Crippen LogP contribution < -0.4 is 5.32 Å². The Morgan fingerprint density at radius 3 is 2.89 bits per heavy atom. The number of rotatable bonds is 4. The van der Waals surface area contributed by atoms with Gasteiger partial charge < -0.3 is 5.32 Å². The van der Waals surface area contributed by atoms with E-state index in [2.05, 4.69) is 61.9 Å². The standard InChI is InChI=1S/C14H11BrN2S2/c15-13-6-10(9-19-13)8-17-12-3-1-2-11(7-12)14-16-4-5-18-14/h1-7,9,17H,8H2. The fourth-order valence-corrected chi connectivity index (χ4v) is 3.62. The van der Waals surface area contributed by atoms with Crippen LogP contribution in [0.1, 0.15) is 5.56 Å². The zero-order valence-corrected chi connectivity index (χ0v) is 13.2. The highest BCUT2D eigenvalue weighted by Gasteiger charge is 2.02. The molecule has 0 aliphatic carbocycles. The number of thiazole rings is 1. The highest BCUT2D eigenvalue weighted by Crippen LogP contribution is 2.25. The van der Waals surface area contributed by atoms with E-state index in [0.29, 0.717) is 0 Å². The van der Waals surface area contributed by atoms with Crippen molar-refractivity contribution < 1.29 is 0 Å². The summed E-state index contributed by atoms with van der Waals surface area (Å²) in [7, 11) is 0. The summed E-state index contributed by atoms with van der Waals surface area (Å²) in [5, 5.41) is 8.65. The fourth-order valence-electron chi connectivity index (χ4n) is 1.77.